The van der Waals surface area contributed by atoms with Gasteiger partial charge >= 0.3 is 0 Å². The van der Waals surface area contributed by atoms with Crippen LogP contribution in [0.1, 0.15) is 23.5 Å². The molecule has 1 saturated heterocycles. The fourth-order valence-corrected chi connectivity index (χ4v) is 4.92. The Morgan fingerprint density at radius 3 is 2.47 bits per heavy atom. The minimum Gasteiger partial charge on any atom is -0.459 e. The van der Waals surface area contributed by atoms with E-state index in [-0.39, 0.29) is 12.1 Å². The lowest BCUT2D eigenvalue weighted by Gasteiger charge is -2.26. The van der Waals surface area contributed by atoms with Crippen LogP contribution in [0.3, 0.4) is 0 Å². The number of anilines is 2. The third kappa shape index (κ3) is 4.13. The lowest BCUT2D eigenvalue weighted by Crippen LogP contribution is -2.29. The van der Waals surface area contributed by atoms with E-state index in [0.29, 0.717) is 20.9 Å². The number of rotatable bonds is 5. The van der Waals surface area contributed by atoms with Gasteiger partial charge in [0, 0.05) is 37.2 Å². The zero-order valence-corrected chi connectivity index (χ0v) is 20.9. The zero-order valence-electron chi connectivity index (χ0n) is 18.6. The highest BCUT2D eigenvalue weighted by atomic mass is 35.5. The first-order chi connectivity index (χ1) is 16.4. The molecular formula is C26H22Cl2N4OS. The lowest BCUT2D eigenvalue weighted by atomic mass is 10.0. The van der Waals surface area contributed by atoms with E-state index in [0.717, 1.165) is 28.4 Å². The van der Waals surface area contributed by atoms with Crippen molar-refractivity contribution in [2.45, 2.75) is 12.1 Å². The van der Waals surface area contributed by atoms with E-state index in [2.05, 4.69) is 44.4 Å². The molecule has 34 heavy (non-hydrogen) atoms. The van der Waals surface area contributed by atoms with E-state index in [1.165, 1.54) is 0 Å². The number of halogens is 2. The number of aromatic nitrogens is 1. The van der Waals surface area contributed by atoms with Gasteiger partial charge in [-0.2, -0.15) is 0 Å². The molecule has 172 valence electrons. The van der Waals surface area contributed by atoms with Gasteiger partial charge in [-0.15, -0.1) is 0 Å². The van der Waals surface area contributed by atoms with E-state index in [4.69, 9.17) is 39.8 Å². The molecule has 2 aromatic heterocycles. The standard InChI is InChI=1S/C26H22Cl2N4OS/c1-31(2)16-9-11-17(12-10-16)32-25(24(30-26(32)34)20-8-3-4-15-29-20)22-14-13-21(33-22)18-6-5-7-19(27)23(18)28/h3-15,24-25H,1-2H3,(H,30,34)/t24-,25-/m1/s1. The minimum absolute atomic E-state index is 0.198. The summed E-state index contributed by atoms with van der Waals surface area (Å²) in [6, 6.07) is 23.1. The summed E-state index contributed by atoms with van der Waals surface area (Å²) in [7, 11) is 4.03. The van der Waals surface area contributed by atoms with E-state index in [9.17, 15) is 0 Å². The zero-order chi connectivity index (χ0) is 23.8. The molecule has 2 atom stereocenters. The molecule has 1 N–H and O–H groups in total. The third-order valence-corrected chi connectivity index (χ3v) is 7.01. The molecule has 1 aliphatic heterocycles. The van der Waals surface area contributed by atoms with Crippen LogP contribution in [0.2, 0.25) is 10.0 Å². The molecule has 5 rings (SSSR count). The van der Waals surface area contributed by atoms with Crippen molar-refractivity contribution in [2.24, 2.45) is 0 Å². The fourth-order valence-electron chi connectivity index (χ4n) is 4.18. The molecule has 1 fully saturated rings. The largest absolute Gasteiger partial charge is 0.459 e. The highest BCUT2D eigenvalue weighted by molar-refractivity contribution is 7.80. The summed E-state index contributed by atoms with van der Waals surface area (Å²) >= 11 is 18.5. The first-order valence-corrected chi connectivity index (χ1v) is 11.9. The van der Waals surface area contributed by atoms with Gasteiger partial charge in [-0.25, -0.2) is 0 Å². The molecule has 0 unspecified atom stereocenters. The molecule has 0 aliphatic carbocycles. The lowest BCUT2D eigenvalue weighted by molar-refractivity contribution is 0.439. The van der Waals surface area contributed by atoms with Gasteiger partial charge in [0.15, 0.2) is 5.11 Å². The second-order valence-electron chi connectivity index (χ2n) is 8.21. The molecule has 0 radical (unpaired) electrons. The van der Waals surface area contributed by atoms with Gasteiger partial charge < -0.3 is 19.5 Å². The number of thiocarbonyl (C=S) groups is 1. The van der Waals surface area contributed by atoms with Crippen molar-refractivity contribution in [2.75, 3.05) is 23.9 Å². The smallest absolute Gasteiger partial charge is 0.174 e. The van der Waals surface area contributed by atoms with Crippen LogP contribution in [0, 0.1) is 0 Å². The number of hydrogen-bond donors (Lipinski definition) is 1. The fraction of sp³-hybridized carbons (Fsp3) is 0.154. The molecule has 5 nitrogen and oxygen atoms in total. The van der Waals surface area contributed by atoms with Crippen molar-refractivity contribution >= 4 is 51.9 Å². The van der Waals surface area contributed by atoms with Crippen LogP contribution < -0.4 is 15.1 Å². The summed E-state index contributed by atoms with van der Waals surface area (Å²) < 4.78 is 6.38. The molecule has 8 heteroatoms. The second-order valence-corrected chi connectivity index (χ2v) is 9.38. The molecule has 4 aromatic rings. The van der Waals surface area contributed by atoms with Crippen LogP contribution >= 0.6 is 35.4 Å². The maximum absolute atomic E-state index is 6.46. The van der Waals surface area contributed by atoms with Gasteiger partial charge in [0.1, 0.15) is 17.6 Å². The van der Waals surface area contributed by atoms with Crippen LogP contribution in [0.15, 0.2) is 83.4 Å². The van der Waals surface area contributed by atoms with Crippen LogP contribution in [-0.2, 0) is 0 Å². The normalized spacial score (nSPS) is 17.6. The summed E-state index contributed by atoms with van der Waals surface area (Å²) in [4.78, 5) is 8.73. The summed E-state index contributed by atoms with van der Waals surface area (Å²) in [5.41, 5.74) is 3.69. The van der Waals surface area contributed by atoms with Crippen LogP contribution in [0.5, 0.6) is 0 Å². The molecule has 2 aromatic carbocycles. The Morgan fingerprint density at radius 1 is 0.971 bits per heavy atom. The van der Waals surface area contributed by atoms with Crippen LogP contribution in [0.4, 0.5) is 11.4 Å². The van der Waals surface area contributed by atoms with Gasteiger partial charge in [0.05, 0.1) is 21.8 Å². The van der Waals surface area contributed by atoms with Gasteiger partial charge in [0.2, 0.25) is 0 Å². The Kier molecular flexibility index (Phi) is 6.21. The van der Waals surface area contributed by atoms with Crippen molar-refractivity contribution in [1.29, 1.82) is 0 Å². The quantitative estimate of drug-likeness (QED) is 0.296. The Labute approximate surface area is 213 Å². The Bertz CT molecular complexity index is 1320. The van der Waals surface area contributed by atoms with Gasteiger partial charge in [-0.1, -0.05) is 35.3 Å². The third-order valence-electron chi connectivity index (χ3n) is 5.88. The van der Waals surface area contributed by atoms with Crippen molar-refractivity contribution in [3.05, 3.63) is 100 Å². The molecule has 0 saturated carbocycles. The molecular weight excluding hydrogens is 487 g/mol. The summed E-state index contributed by atoms with van der Waals surface area (Å²) in [6.45, 7) is 0. The van der Waals surface area contributed by atoms with Crippen molar-refractivity contribution < 1.29 is 4.42 Å². The molecule has 0 bridgehead atoms. The topological polar surface area (TPSA) is 44.5 Å². The molecule has 1 aliphatic rings. The average Bonchev–Trinajstić information content (AvgIpc) is 3.46. The number of benzene rings is 2. The maximum Gasteiger partial charge on any atom is 0.174 e. The van der Waals surface area contributed by atoms with Crippen molar-refractivity contribution in [3.63, 3.8) is 0 Å². The SMILES string of the molecule is CN(C)c1ccc(N2C(=S)N[C@H](c3ccccn3)[C@H]2c2ccc(-c3cccc(Cl)c3Cl)o2)cc1. The number of furan rings is 1. The second kappa shape index (κ2) is 9.29. The number of pyridine rings is 1. The minimum atomic E-state index is -0.251. The number of nitrogens with zero attached hydrogens (tertiary/aromatic N) is 3. The highest BCUT2D eigenvalue weighted by Gasteiger charge is 2.42. The molecule has 0 spiro atoms. The summed E-state index contributed by atoms with van der Waals surface area (Å²) in [6.07, 6.45) is 1.78. The van der Waals surface area contributed by atoms with Gasteiger partial charge in [0.25, 0.3) is 0 Å². The number of hydrogen-bond acceptors (Lipinski definition) is 4. The maximum atomic E-state index is 6.46. The van der Waals surface area contributed by atoms with Gasteiger partial charge in [-0.05, 0) is 72.9 Å². The predicted octanol–water partition coefficient (Wildman–Crippen LogP) is 6.89. The van der Waals surface area contributed by atoms with Crippen molar-refractivity contribution in [1.82, 2.24) is 10.3 Å². The predicted molar refractivity (Wildman–Crippen MR) is 143 cm³/mol. The van der Waals surface area contributed by atoms with Crippen LogP contribution in [0.25, 0.3) is 11.3 Å². The van der Waals surface area contributed by atoms with Crippen molar-refractivity contribution in [3.8, 4) is 11.3 Å². The molecule has 3 heterocycles. The average molecular weight is 509 g/mol. The van der Waals surface area contributed by atoms with E-state index >= 15 is 0 Å². The summed E-state index contributed by atoms with van der Waals surface area (Å²) in [5.74, 6) is 1.38. The Balaban J connectivity index is 1.59. The van der Waals surface area contributed by atoms with E-state index in [1.807, 2.05) is 56.6 Å². The highest BCUT2D eigenvalue weighted by Crippen LogP contribution is 2.44. The first kappa shape index (κ1) is 22.7. The first-order valence-electron chi connectivity index (χ1n) is 10.8. The van der Waals surface area contributed by atoms with E-state index < -0.39 is 0 Å². The molecule has 0 amide bonds. The summed E-state index contributed by atoms with van der Waals surface area (Å²) in [5, 5.41) is 5.00. The van der Waals surface area contributed by atoms with E-state index in [1.54, 1.807) is 12.3 Å². The number of nitrogens with one attached hydrogen (secondary N) is 1. The Morgan fingerprint density at radius 2 is 1.76 bits per heavy atom. The van der Waals surface area contributed by atoms with Gasteiger partial charge in [-0.3, -0.25) is 4.98 Å². The van der Waals surface area contributed by atoms with Crippen LogP contribution in [-0.4, -0.2) is 24.2 Å². The Hall–Kier alpha value is -3.06. The monoisotopic (exact) mass is 508 g/mol.